The Morgan fingerprint density at radius 2 is 1.93 bits per heavy atom. The molecule has 1 amide bonds. The summed E-state index contributed by atoms with van der Waals surface area (Å²) in [6, 6.07) is 15.8. The minimum absolute atomic E-state index is 0. The van der Waals surface area contributed by atoms with Crippen LogP contribution in [-0.2, 0) is 11.2 Å². The molecular formula is C21H29Cl2N3O. The molecule has 0 aliphatic heterocycles. The average molecular weight is 410 g/mol. The second kappa shape index (κ2) is 10.5. The van der Waals surface area contributed by atoms with Gasteiger partial charge in [0.05, 0.1) is 6.04 Å². The maximum Gasteiger partial charge on any atom is 0.242 e. The third-order valence-electron chi connectivity index (χ3n) is 5.10. The van der Waals surface area contributed by atoms with E-state index in [9.17, 15) is 4.79 Å². The molecule has 0 spiro atoms. The lowest BCUT2D eigenvalue weighted by atomic mass is 9.87. The molecule has 0 fully saturated rings. The van der Waals surface area contributed by atoms with Crippen molar-refractivity contribution in [3.63, 3.8) is 0 Å². The van der Waals surface area contributed by atoms with E-state index >= 15 is 0 Å². The van der Waals surface area contributed by atoms with Crippen LogP contribution in [0.5, 0.6) is 0 Å². The highest BCUT2D eigenvalue weighted by Gasteiger charge is 2.28. The number of hydrogen-bond acceptors (Lipinski definition) is 3. The third kappa shape index (κ3) is 5.38. The van der Waals surface area contributed by atoms with Gasteiger partial charge < -0.3 is 11.1 Å². The monoisotopic (exact) mass is 409 g/mol. The Morgan fingerprint density at radius 1 is 1.22 bits per heavy atom. The summed E-state index contributed by atoms with van der Waals surface area (Å²) >= 11 is 0. The van der Waals surface area contributed by atoms with Crippen molar-refractivity contribution >= 4 is 36.4 Å². The van der Waals surface area contributed by atoms with Crippen molar-refractivity contribution in [2.75, 3.05) is 19.3 Å². The molecule has 2 atom stereocenters. The van der Waals surface area contributed by atoms with E-state index in [0.717, 1.165) is 37.1 Å². The highest BCUT2D eigenvalue weighted by Crippen LogP contribution is 2.32. The summed E-state index contributed by atoms with van der Waals surface area (Å²) in [5.41, 5.74) is 10.2. The minimum Gasteiger partial charge on any atom is -0.399 e. The smallest absolute Gasteiger partial charge is 0.242 e. The normalized spacial score (nSPS) is 16.5. The van der Waals surface area contributed by atoms with Crippen LogP contribution in [0.3, 0.4) is 0 Å². The first kappa shape index (κ1) is 23.3. The van der Waals surface area contributed by atoms with Gasteiger partial charge in [0.2, 0.25) is 5.91 Å². The summed E-state index contributed by atoms with van der Waals surface area (Å²) in [6.45, 7) is 2.88. The van der Waals surface area contributed by atoms with Gasteiger partial charge in [-0.2, -0.15) is 0 Å². The molecule has 0 radical (unpaired) electrons. The Morgan fingerprint density at radius 3 is 2.59 bits per heavy atom. The zero-order valence-corrected chi connectivity index (χ0v) is 17.5. The molecule has 2 unspecified atom stereocenters. The van der Waals surface area contributed by atoms with Gasteiger partial charge in [0.25, 0.3) is 0 Å². The SMILES string of the molecule is CCN(C)C(C(=O)NC1CCCc2cc(N)ccc21)c1ccccc1.Cl.Cl. The Kier molecular flexibility index (Phi) is 9.10. The van der Waals surface area contributed by atoms with Gasteiger partial charge in [-0.05, 0) is 61.7 Å². The summed E-state index contributed by atoms with van der Waals surface area (Å²) in [7, 11) is 1.99. The molecule has 2 aromatic carbocycles. The Balaban J connectivity index is 0.00000182. The second-order valence-corrected chi connectivity index (χ2v) is 6.80. The fourth-order valence-corrected chi connectivity index (χ4v) is 3.66. The molecule has 0 saturated heterocycles. The Bertz CT molecular complexity index is 739. The van der Waals surface area contributed by atoms with Crippen LogP contribution in [0.1, 0.15) is 48.5 Å². The van der Waals surface area contributed by atoms with E-state index in [0.29, 0.717) is 0 Å². The van der Waals surface area contributed by atoms with E-state index in [-0.39, 0.29) is 42.8 Å². The van der Waals surface area contributed by atoms with Crippen LogP contribution in [0.25, 0.3) is 0 Å². The first-order valence-corrected chi connectivity index (χ1v) is 9.04. The predicted octanol–water partition coefficient (Wildman–Crippen LogP) is 4.30. The molecule has 2 aromatic rings. The van der Waals surface area contributed by atoms with Gasteiger partial charge >= 0.3 is 0 Å². The van der Waals surface area contributed by atoms with Crippen LogP contribution < -0.4 is 11.1 Å². The molecule has 0 heterocycles. The number of amides is 1. The highest BCUT2D eigenvalue weighted by molar-refractivity contribution is 5.85. The van der Waals surface area contributed by atoms with Gasteiger partial charge in [-0.1, -0.05) is 43.3 Å². The van der Waals surface area contributed by atoms with E-state index in [1.807, 2.05) is 49.5 Å². The number of nitrogens with zero attached hydrogens (tertiary/aromatic N) is 1. The van der Waals surface area contributed by atoms with Crippen LogP contribution in [0.2, 0.25) is 0 Å². The van der Waals surface area contributed by atoms with E-state index < -0.39 is 0 Å². The first-order chi connectivity index (χ1) is 12.1. The molecule has 0 saturated carbocycles. The van der Waals surface area contributed by atoms with Crippen LogP contribution >= 0.6 is 24.8 Å². The standard InChI is InChI=1S/C21H27N3O.2ClH/c1-3-24(2)20(15-8-5-4-6-9-15)21(25)23-19-11-7-10-16-14-17(22)12-13-18(16)19;;/h4-6,8-9,12-14,19-20H,3,7,10-11,22H2,1-2H3,(H,23,25);2*1H. The lowest BCUT2D eigenvalue weighted by Gasteiger charge is -2.31. The van der Waals surface area contributed by atoms with Crippen molar-refractivity contribution in [2.45, 2.75) is 38.3 Å². The third-order valence-corrected chi connectivity index (χ3v) is 5.10. The van der Waals surface area contributed by atoms with E-state index in [1.165, 1.54) is 11.1 Å². The van der Waals surface area contributed by atoms with Gasteiger partial charge in [0.15, 0.2) is 0 Å². The van der Waals surface area contributed by atoms with Crippen LogP contribution in [0.15, 0.2) is 48.5 Å². The number of hydrogen-bond donors (Lipinski definition) is 2. The topological polar surface area (TPSA) is 58.4 Å². The van der Waals surface area contributed by atoms with E-state index in [4.69, 9.17) is 5.73 Å². The number of halogens is 2. The number of rotatable bonds is 5. The van der Waals surface area contributed by atoms with Gasteiger partial charge in [0.1, 0.15) is 6.04 Å². The number of nitrogens with one attached hydrogen (secondary N) is 1. The maximum absolute atomic E-state index is 13.1. The molecule has 3 N–H and O–H groups in total. The molecule has 6 heteroatoms. The fraction of sp³-hybridized carbons (Fsp3) is 0.381. The number of carbonyl (C=O) groups is 1. The van der Waals surface area contributed by atoms with Crippen molar-refractivity contribution in [1.29, 1.82) is 0 Å². The molecule has 1 aliphatic carbocycles. The van der Waals surface area contributed by atoms with Gasteiger partial charge in [-0.25, -0.2) is 0 Å². The van der Waals surface area contributed by atoms with E-state index in [2.05, 4.69) is 23.2 Å². The molecule has 0 bridgehead atoms. The number of nitrogen functional groups attached to an aromatic ring is 1. The molecule has 27 heavy (non-hydrogen) atoms. The Labute approximate surface area is 174 Å². The van der Waals surface area contributed by atoms with Crippen LogP contribution in [0.4, 0.5) is 5.69 Å². The van der Waals surface area contributed by atoms with E-state index in [1.54, 1.807) is 0 Å². The van der Waals surface area contributed by atoms with Gasteiger partial charge in [-0.3, -0.25) is 9.69 Å². The Hall–Kier alpha value is -1.75. The van der Waals surface area contributed by atoms with Crippen molar-refractivity contribution in [3.05, 3.63) is 65.2 Å². The molecule has 3 rings (SSSR count). The fourth-order valence-electron chi connectivity index (χ4n) is 3.66. The summed E-state index contributed by atoms with van der Waals surface area (Å²) in [4.78, 5) is 15.2. The number of anilines is 1. The van der Waals surface area contributed by atoms with Gasteiger partial charge in [-0.15, -0.1) is 24.8 Å². The largest absolute Gasteiger partial charge is 0.399 e. The van der Waals surface area contributed by atoms with Crippen molar-refractivity contribution in [3.8, 4) is 0 Å². The summed E-state index contributed by atoms with van der Waals surface area (Å²) in [5, 5.41) is 3.29. The van der Waals surface area contributed by atoms with Crippen molar-refractivity contribution in [2.24, 2.45) is 0 Å². The van der Waals surface area contributed by atoms with Crippen LogP contribution in [0, 0.1) is 0 Å². The minimum atomic E-state index is -0.273. The number of nitrogens with two attached hydrogens (primary N) is 1. The number of carbonyl (C=O) groups excluding carboxylic acids is 1. The molecular weight excluding hydrogens is 381 g/mol. The number of aryl methyl sites for hydroxylation is 1. The summed E-state index contributed by atoms with van der Waals surface area (Å²) < 4.78 is 0. The van der Waals surface area contributed by atoms with Crippen LogP contribution in [-0.4, -0.2) is 24.4 Å². The molecule has 1 aliphatic rings. The lowest BCUT2D eigenvalue weighted by Crippen LogP contribution is -2.41. The summed E-state index contributed by atoms with van der Waals surface area (Å²) in [5.74, 6) is 0.0604. The lowest BCUT2D eigenvalue weighted by molar-refractivity contribution is -0.127. The zero-order chi connectivity index (χ0) is 17.8. The first-order valence-electron chi connectivity index (χ1n) is 9.04. The highest BCUT2D eigenvalue weighted by atomic mass is 35.5. The molecule has 148 valence electrons. The molecule has 4 nitrogen and oxygen atoms in total. The van der Waals surface area contributed by atoms with Crippen molar-refractivity contribution in [1.82, 2.24) is 10.2 Å². The number of likely N-dealkylation sites (N-methyl/N-ethyl adjacent to an activating group) is 1. The van der Waals surface area contributed by atoms with Crippen molar-refractivity contribution < 1.29 is 4.79 Å². The summed E-state index contributed by atoms with van der Waals surface area (Å²) in [6.07, 6.45) is 3.07. The number of fused-ring (bicyclic) bond motifs is 1. The average Bonchev–Trinajstić information content (AvgIpc) is 2.62. The predicted molar refractivity (Wildman–Crippen MR) is 117 cm³/mol. The molecule has 0 aromatic heterocycles. The maximum atomic E-state index is 13.1. The van der Waals surface area contributed by atoms with Gasteiger partial charge in [0, 0.05) is 5.69 Å². The zero-order valence-electron chi connectivity index (χ0n) is 15.9. The quantitative estimate of drug-likeness (QED) is 0.723. The second-order valence-electron chi connectivity index (χ2n) is 6.80. The number of benzene rings is 2.